The van der Waals surface area contributed by atoms with E-state index in [0.717, 1.165) is 0 Å². The first-order chi connectivity index (χ1) is 7.61. The Bertz CT molecular complexity index is 500. The lowest BCUT2D eigenvalue weighted by molar-refractivity contribution is 0.412. The average molecular weight is 219 g/mol. The van der Waals surface area contributed by atoms with Gasteiger partial charge in [0.1, 0.15) is 17.3 Å². The fourth-order valence-electron chi connectivity index (χ4n) is 1.46. The number of aromatic nitrogens is 2. The molecule has 0 aliphatic heterocycles. The van der Waals surface area contributed by atoms with E-state index >= 15 is 0 Å². The van der Waals surface area contributed by atoms with E-state index in [1.165, 1.54) is 0 Å². The number of phenols is 1. The van der Waals surface area contributed by atoms with Crippen LogP contribution in [0.25, 0.3) is 11.3 Å². The van der Waals surface area contributed by atoms with E-state index in [1.807, 2.05) is 0 Å². The van der Waals surface area contributed by atoms with Gasteiger partial charge in [0.15, 0.2) is 0 Å². The van der Waals surface area contributed by atoms with Gasteiger partial charge < -0.3 is 15.6 Å². The molecule has 0 bridgehead atoms. The molecule has 0 saturated carbocycles. The maximum absolute atomic E-state index is 9.74. The molecular formula is C11H13N3O2. The minimum absolute atomic E-state index is 0.152. The number of nitrogen functional groups attached to an aromatic ring is 1. The number of hydrogen-bond donors (Lipinski definition) is 2. The number of aromatic hydroxyl groups is 1. The van der Waals surface area contributed by atoms with Crippen molar-refractivity contribution in [3.8, 4) is 22.8 Å². The van der Waals surface area contributed by atoms with Crippen LogP contribution in [-0.2, 0) is 7.05 Å². The molecule has 1 aromatic heterocycles. The zero-order chi connectivity index (χ0) is 11.7. The second-order valence-electron chi connectivity index (χ2n) is 3.46. The molecule has 2 aromatic rings. The van der Waals surface area contributed by atoms with Crippen LogP contribution in [-0.4, -0.2) is 22.0 Å². The maximum atomic E-state index is 9.74. The van der Waals surface area contributed by atoms with Crippen LogP contribution < -0.4 is 10.5 Å². The van der Waals surface area contributed by atoms with Crippen molar-refractivity contribution in [2.75, 3.05) is 12.8 Å². The fourth-order valence-corrected chi connectivity index (χ4v) is 1.46. The van der Waals surface area contributed by atoms with Crippen LogP contribution in [0.1, 0.15) is 0 Å². The van der Waals surface area contributed by atoms with Gasteiger partial charge >= 0.3 is 0 Å². The Labute approximate surface area is 93.1 Å². The Hall–Kier alpha value is -2.17. The van der Waals surface area contributed by atoms with Gasteiger partial charge in [-0.3, -0.25) is 4.68 Å². The molecular weight excluding hydrogens is 206 g/mol. The molecule has 0 spiro atoms. The van der Waals surface area contributed by atoms with Crippen molar-refractivity contribution in [3.05, 3.63) is 24.3 Å². The van der Waals surface area contributed by atoms with E-state index in [4.69, 9.17) is 10.5 Å². The Morgan fingerprint density at radius 1 is 1.38 bits per heavy atom. The van der Waals surface area contributed by atoms with Crippen LogP contribution in [0.5, 0.6) is 11.5 Å². The van der Waals surface area contributed by atoms with Crippen molar-refractivity contribution in [2.24, 2.45) is 7.05 Å². The van der Waals surface area contributed by atoms with Crippen LogP contribution in [0.4, 0.5) is 5.82 Å². The number of rotatable bonds is 2. The topological polar surface area (TPSA) is 73.3 Å². The Morgan fingerprint density at radius 2 is 2.12 bits per heavy atom. The predicted molar refractivity (Wildman–Crippen MR) is 61.3 cm³/mol. The van der Waals surface area contributed by atoms with Crippen molar-refractivity contribution in [1.29, 1.82) is 0 Å². The molecule has 5 heteroatoms. The highest BCUT2D eigenvalue weighted by atomic mass is 16.5. The Balaban J connectivity index is 2.54. The first-order valence-electron chi connectivity index (χ1n) is 4.78. The summed E-state index contributed by atoms with van der Waals surface area (Å²) >= 11 is 0. The number of benzene rings is 1. The van der Waals surface area contributed by atoms with Crippen molar-refractivity contribution < 1.29 is 9.84 Å². The summed E-state index contributed by atoms with van der Waals surface area (Å²) < 4.78 is 6.64. The van der Waals surface area contributed by atoms with Crippen LogP contribution in [0.3, 0.4) is 0 Å². The van der Waals surface area contributed by atoms with Crippen LogP contribution in [0, 0.1) is 0 Å². The molecule has 84 valence electrons. The van der Waals surface area contributed by atoms with Gasteiger partial charge in [0.05, 0.1) is 12.8 Å². The molecule has 0 amide bonds. The summed E-state index contributed by atoms with van der Waals surface area (Å²) in [7, 11) is 3.32. The second kappa shape index (κ2) is 3.77. The van der Waals surface area contributed by atoms with Gasteiger partial charge in [-0.05, 0) is 18.2 Å². The summed E-state index contributed by atoms with van der Waals surface area (Å²) in [5.74, 6) is 1.35. The SMILES string of the molecule is COc1ccc(O)c(-c2cc(N)n(C)n2)c1. The molecule has 0 saturated heterocycles. The third kappa shape index (κ3) is 1.67. The number of methoxy groups -OCH3 is 1. The summed E-state index contributed by atoms with van der Waals surface area (Å²) in [6.45, 7) is 0. The smallest absolute Gasteiger partial charge is 0.125 e. The van der Waals surface area contributed by atoms with Gasteiger partial charge in [-0.2, -0.15) is 5.10 Å². The van der Waals surface area contributed by atoms with Gasteiger partial charge in [-0.1, -0.05) is 0 Å². The van der Waals surface area contributed by atoms with E-state index in [9.17, 15) is 5.11 Å². The van der Waals surface area contributed by atoms with Gasteiger partial charge in [0.2, 0.25) is 0 Å². The van der Waals surface area contributed by atoms with Gasteiger partial charge in [-0.25, -0.2) is 0 Å². The quantitative estimate of drug-likeness (QED) is 0.800. The molecule has 1 aromatic carbocycles. The van der Waals surface area contributed by atoms with Crippen molar-refractivity contribution in [3.63, 3.8) is 0 Å². The minimum atomic E-state index is 0.152. The lowest BCUT2D eigenvalue weighted by Crippen LogP contribution is -1.96. The second-order valence-corrected chi connectivity index (χ2v) is 3.46. The number of nitrogens with two attached hydrogens (primary N) is 1. The fraction of sp³-hybridized carbons (Fsp3) is 0.182. The maximum Gasteiger partial charge on any atom is 0.125 e. The molecule has 16 heavy (non-hydrogen) atoms. The highest BCUT2D eigenvalue weighted by Gasteiger charge is 2.10. The molecule has 5 nitrogen and oxygen atoms in total. The van der Waals surface area contributed by atoms with Gasteiger partial charge in [-0.15, -0.1) is 0 Å². The largest absolute Gasteiger partial charge is 0.507 e. The number of anilines is 1. The van der Waals surface area contributed by atoms with E-state index < -0.39 is 0 Å². The monoisotopic (exact) mass is 219 g/mol. The Kier molecular flexibility index (Phi) is 2.44. The van der Waals surface area contributed by atoms with Crippen LogP contribution in [0.15, 0.2) is 24.3 Å². The summed E-state index contributed by atoms with van der Waals surface area (Å²) in [5.41, 5.74) is 6.91. The minimum Gasteiger partial charge on any atom is -0.507 e. The number of nitrogens with zero attached hydrogens (tertiary/aromatic N) is 2. The molecule has 3 N–H and O–H groups in total. The predicted octanol–water partition coefficient (Wildman–Crippen LogP) is 1.38. The van der Waals surface area contributed by atoms with E-state index in [1.54, 1.807) is 43.1 Å². The standard InChI is InChI=1S/C11H13N3O2/c1-14-11(12)6-9(13-14)8-5-7(16-2)3-4-10(8)15/h3-6,15H,12H2,1-2H3. The van der Waals surface area contributed by atoms with Crippen LogP contribution >= 0.6 is 0 Å². The number of aryl methyl sites for hydroxylation is 1. The molecule has 0 atom stereocenters. The van der Waals surface area contributed by atoms with Crippen molar-refractivity contribution in [2.45, 2.75) is 0 Å². The first-order valence-corrected chi connectivity index (χ1v) is 4.78. The average Bonchev–Trinajstić information content (AvgIpc) is 2.60. The van der Waals surface area contributed by atoms with Gasteiger partial charge in [0, 0.05) is 18.7 Å². The van der Waals surface area contributed by atoms with E-state index in [-0.39, 0.29) is 5.75 Å². The number of ether oxygens (including phenoxy) is 1. The molecule has 2 rings (SSSR count). The highest BCUT2D eigenvalue weighted by Crippen LogP contribution is 2.32. The lowest BCUT2D eigenvalue weighted by atomic mass is 10.1. The first kappa shape index (κ1) is 10.4. The van der Waals surface area contributed by atoms with Crippen molar-refractivity contribution in [1.82, 2.24) is 9.78 Å². The summed E-state index contributed by atoms with van der Waals surface area (Å²) in [6.07, 6.45) is 0. The van der Waals surface area contributed by atoms with Gasteiger partial charge in [0.25, 0.3) is 0 Å². The molecule has 0 aliphatic carbocycles. The third-order valence-corrected chi connectivity index (χ3v) is 2.40. The number of hydrogen-bond acceptors (Lipinski definition) is 4. The van der Waals surface area contributed by atoms with E-state index in [2.05, 4.69) is 5.10 Å². The van der Waals surface area contributed by atoms with Crippen molar-refractivity contribution >= 4 is 5.82 Å². The zero-order valence-corrected chi connectivity index (χ0v) is 9.14. The molecule has 1 heterocycles. The normalized spacial score (nSPS) is 10.4. The summed E-state index contributed by atoms with van der Waals surface area (Å²) in [5, 5.41) is 13.9. The summed E-state index contributed by atoms with van der Waals surface area (Å²) in [4.78, 5) is 0. The summed E-state index contributed by atoms with van der Waals surface area (Å²) in [6, 6.07) is 6.68. The Morgan fingerprint density at radius 3 is 2.69 bits per heavy atom. The molecule has 0 aliphatic rings. The van der Waals surface area contributed by atoms with Crippen LogP contribution in [0.2, 0.25) is 0 Å². The zero-order valence-electron chi connectivity index (χ0n) is 9.14. The lowest BCUT2D eigenvalue weighted by Gasteiger charge is -2.04. The molecule has 0 unspecified atom stereocenters. The highest BCUT2D eigenvalue weighted by molar-refractivity contribution is 5.70. The van der Waals surface area contributed by atoms with E-state index in [0.29, 0.717) is 22.8 Å². The third-order valence-electron chi connectivity index (χ3n) is 2.40. The molecule has 0 fully saturated rings. The number of phenolic OH excluding ortho intramolecular Hbond substituents is 1. The molecule has 0 radical (unpaired) electrons.